The van der Waals surface area contributed by atoms with Crippen LogP contribution in [0.3, 0.4) is 0 Å². The molecule has 0 atom stereocenters. The Balaban J connectivity index is 1.82. The van der Waals surface area contributed by atoms with Gasteiger partial charge in [-0.05, 0) is 22.8 Å². The molecule has 0 radical (unpaired) electrons. The van der Waals surface area contributed by atoms with E-state index >= 15 is 0 Å². The minimum atomic E-state index is 0.101. The van der Waals surface area contributed by atoms with Crippen LogP contribution in [0.4, 0.5) is 0 Å². The lowest BCUT2D eigenvalue weighted by atomic mass is 10.2. The van der Waals surface area contributed by atoms with Gasteiger partial charge in [0.2, 0.25) is 0 Å². The van der Waals surface area contributed by atoms with Gasteiger partial charge in [0.25, 0.3) is 0 Å². The summed E-state index contributed by atoms with van der Waals surface area (Å²) in [6, 6.07) is 11.8. The number of halogens is 1. The molecule has 0 unspecified atom stereocenters. The number of hydrogen-bond acceptors (Lipinski definition) is 3. The molecule has 0 amide bonds. The molecule has 1 aromatic heterocycles. The maximum absolute atomic E-state index is 8.95. The van der Waals surface area contributed by atoms with Gasteiger partial charge in [-0.2, -0.15) is 11.8 Å². The minimum Gasteiger partial charge on any atom is -0.392 e. The van der Waals surface area contributed by atoms with E-state index < -0.39 is 0 Å². The smallest absolute Gasteiger partial charge is 0.129 e. The molecule has 18 heavy (non-hydrogen) atoms. The SMILES string of the molecule is OCc1ccc(CSCc2ccc(Cl)nc2)cc1. The second kappa shape index (κ2) is 6.78. The van der Waals surface area contributed by atoms with Gasteiger partial charge < -0.3 is 5.11 Å². The Morgan fingerprint density at radius 3 is 2.17 bits per heavy atom. The van der Waals surface area contributed by atoms with E-state index in [-0.39, 0.29) is 6.61 Å². The van der Waals surface area contributed by atoms with Crippen LogP contribution in [0.2, 0.25) is 5.15 Å². The Morgan fingerprint density at radius 1 is 0.944 bits per heavy atom. The number of rotatable bonds is 5. The fourth-order valence-electron chi connectivity index (χ4n) is 1.52. The zero-order valence-corrected chi connectivity index (χ0v) is 11.4. The largest absolute Gasteiger partial charge is 0.392 e. The molecule has 0 spiro atoms. The predicted octanol–water partition coefficient (Wildman–Crippen LogP) is 3.66. The molecular formula is C14H14ClNOS. The summed E-state index contributed by atoms with van der Waals surface area (Å²) in [6.45, 7) is 0.101. The third-order valence-electron chi connectivity index (χ3n) is 2.53. The first-order valence-corrected chi connectivity index (χ1v) is 7.18. The molecule has 94 valence electrons. The van der Waals surface area contributed by atoms with Crippen molar-refractivity contribution in [3.05, 3.63) is 64.4 Å². The monoisotopic (exact) mass is 279 g/mol. The standard InChI is InChI=1S/C14H14ClNOS/c15-14-6-5-13(7-16-14)10-18-9-12-3-1-11(8-17)2-4-12/h1-7,17H,8-10H2. The third-order valence-corrected chi connectivity index (χ3v) is 3.83. The normalized spacial score (nSPS) is 10.6. The lowest BCUT2D eigenvalue weighted by Crippen LogP contribution is -1.87. The number of aliphatic hydroxyl groups excluding tert-OH is 1. The summed E-state index contributed by atoms with van der Waals surface area (Å²) in [7, 11) is 0. The Bertz CT molecular complexity index is 484. The van der Waals surface area contributed by atoms with Crippen molar-refractivity contribution in [2.45, 2.75) is 18.1 Å². The van der Waals surface area contributed by atoms with Crippen LogP contribution in [0, 0.1) is 0 Å². The first-order chi connectivity index (χ1) is 8.78. The first kappa shape index (κ1) is 13.4. The predicted molar refractivity (Wildman–Crippen MR) is 76.6 cm³/mol. The van der Waals surface area contributed by atoms with Crippen LogP contribution in [0.25, 0.3) is 0 Å². The summed E-state index contributed by atoms with van der Waals surface area (Å²) in [4.78, 5) is 4.05. The summed E-state index contributed by atoms with van der Waals surface area (Å²) < 4.78 is 0. The zero-order valence-electron chi connectivity index (χ0n) is 9.84. The number of pyridine rings is 1. The van der Waals surface area contributed by atoms with Gasteiger partial charge in [0.15, 0.2) is 0 Å². The highest BCUT2D eigenvalue weighted by atomic mass is 35.5. The van der Waals surface area contributed by atoms with Crippen LogP contribution in [0.5, 0.6) is 0 Å². The number of thioether (sulfide) groups is 1. The van der Waals surface area contributed by atoms with Gasteiger partial charge >= 0.3 is 0 Å². The van der Waals surface area contributed by atoms with Crippen molar-refractivity contribution in [3.63, 3.8) is 0 Å². The molecule has 0 aliphatic heterocycles. The van der Waals surface area contributed by atoms with E-state index in [0.29, 0.717) is 5.15 Å². The van der Waals surface area contributed by atoms with Gasteiger partial charge in [-0.3, -0.25) is 0 Å². The van der Waals surface area contributed by atoms with Gasteiger partial charge in [0.1, 0.15) is 5.15 Å². The number of aliphatic hydroxyl groups is 1. The number of benzene rings is 1. The molecule has 0 saturated heterocycles. The number of nitrogens with zero attached hydrogens (tertiary/aromatic N) is 1. The molecule has 1 heterocycles. The van der Waals surface area contributed by atoms with Crippen LogP contribution < -0.4 is 0 Å². The van der Waals surface area contributed by atoms with Gasteiger partial charge in [-0.15, -0.1) is 0 Å². The average Bonchev–Trinajstić information content (AvgIpc) is 2.42. The van der Waals surface area contributed by atoms with Crippen molar-refractivity contribution in [1.82, 2.24) is 4.98 Å². The molecule has 0 aliphatic rings. The van der Waals surface area contributed by atoms with E-state index in [0.717, 1.165) is 17.1 Å². The van der Waals surface area contributed by atoms with Gasteiger partial charge in [0.05, 0.1) is 6.61 Å². The fraction of sp³-hybridized carbons (Fsp3) is 0.214. The van der Waals surface area contributed by atoms with E-state index in [4.69, 9.17) is 16.7 Å². The summed E-state index contributed by atoms with van der Waals surface area (Å²) in [5.41, 5.74) is 3.39. The van der Waals surface area contributed by atoms with Crippen LogP contribution in [0.1, 0.15) is 16.7 Å². The Labute approximate surface area is 116 Å². The van der Waals surface area contributed by atoms with Gasteiger partial charge in [0, 0.05) is 17.7 Å². The highest BCUT2D eigenvalue weighted by molar-refractivity contribution is 7.97. The zero-order chi connectivity index (χ0) is 12.8. The Hall–Kier alpha value is -1.03. The van der Waals surface area contributed by atoms with E-state index in [9.17, 15) is 0 Å². The fourth-order valence-corrected chi connectivity index (χ4v) is 2.57. The van der Waals surface area contributed by atoms with Crippen LogP contribution >= 0.6 is 23.4 Å². The highest BCUT2D eigenvalue weighted by Gasteiger charge is 1.97. The van der Waals surface area contributed by atoms with E-state index in [1.54, 1.807) is 0 Å². The van der Waals surface area contributed by atoms with Gasteiger partial charge in [-0.25, -0.2) is 4.98 Å². The second-order valence-electron chi connectivity index (χ2n) is 3.96. The minimum absolute atomic E-state index is 0.101. The molecule has 0 saturated carbocycles. The van der Waals surface area contributed by atoms with Crippen molar-refractivity contribution >= 4 is 23.4 Å². The molecular weight excluding hydrogens is 266 g/mol. The van der Waals surface area contributed by atoms with E-state index in [2.05, 4.69) is 17.1 Å². The lowest BCUT2D eigenvalue weighted by Gasteiger charge is -2.03. The summed E-state index contributed by atoms with van der Waals surface area (Å²) >= 11 is 7.56. The maximum Gasteiger partial charge on any atom is 0.129 e. The molecule has 4 heteroatoms. The van der Waals surface area contributed by atoms with E-state index in [1.807, 2.05) is 42.2 Å². The third kappa shape index (κ3) is 4.02. The van der Waals surface area contributed by atoms with Crippen LogP contribution in [0.15, 0.2) is 42.6 Å². The molecule has 0 bridgehead atoms. The van der Waals surface area contributed by atoms with Crippen molar-refractivity contribution in [3.8, 4) is 0 Å². The van der Waals surface area contributed by atoms with Gasteiger partial charge in [-0.1, -0.05) is 41.9 Å². The van der Waals surface area contributed by atoms with Crippen molar-refractivity contribution in [2.75, 3.05) is 0 Å². The highest BCUT2D eigenvalue weighted by Crippen LogP contribution is 2.18. The summed E-state index contributed by atoms with van der Waals surface area (Å²) in [6.07, 6.45) is 1.81. The Kier molecular flexibility index (Phi) is 5.05. The molecule has 0 aliphatic carbocycles. The maximum atomic E-state index is 8.95. The Morgan fingerprint density at radius 2 is 1.56 bits per heavy atom. The topological polar surface area (TPSA) is 33.1 Å². The molecule has 2 aromatic rings. The van der Waals surface area contributed by atoms with Crippen molar-refractivity contribution < 1.29 is 5.11 Å². The lowest BCUT2D eigenvalue weighted by molar-refractivity contribution is 0.282. The van der Waals surface area contributed by atoms with E-state index in [1.165, 1.54) is 11.1 Å². The first-order valence-electron chi connectivity index (χ1n) is 5.65. The van der Waals surface area contributed by atoms with Crippen LogP contribution in [-0.2, 0) is 18.1 Å². The summed E-state index contributed by atoms with van der Waals surface area (Å²) in [5, 5.41) is 9.48. The van der Waals surface area contributed by atoms with Crippen LogP contribution in [-0.4, -0.2) is 10.1 Å². The average molecular weight is 280 g/mol. The van der Waals surface area contributed by atoms with Crippen molar-refractivity contribution in [1.29, 1.82) is 0 Å². The molecule has 1 N–H and O–H groups in total. The summed E-state index contributed by atoms with van der Waals surface area (Å²) in [5.74, 6) is 1.88. The molecule has 0 fully saturated rings. The van der Waals surface area contributed by atoms with Crippen molar-refractivity contribution in [2.24, 2.45) is 0 Å². The quantitative estimate of drug-likeness (QED) is 0.848. The molecule has 2 nitrogen and oxygen atoms in total. The molecule has 1 aromatic carbocycles. The number of hydrogen-bond donors (Lipinski definition) is 1. The number of aromatic nitrogens is 1. The molecule has 2 rings (SSSR count). The second-order valence-corrected chi connectivity index (χ2v) is 5.33.